The summed E-state index contributed by atoms with van der Waals surface area (Å²) in [6, 6.07) is 8.63. The molecule has 0 atom stereocenters. The summed E-state index contributed by atoms with van der Waals surface area (Å²) in [4.78, 5) is 6.80. The van der Waals surface area contributed by atoms with Crippen LogP contribution in [0, 0.1) is 13.8 Å². The van der Waals surface area contributed by atoms with Gasteiger partial charge >= 0.3 is 6.18 Å². The van der Waals surface area contributed by atoms with Crippen molar-refractivity contribution >= 4 is 12.0 Å². The average molecular weight is 376 g/mol. The minimum absolute atomic E-state index is 0.164. The third kappa shape index (κ3) is 5.02. The van der Waals surface area contributed by atoms with Crippen LogP contribution in [-0.2, 0) is 6.18 Å². The summed E-state index contributed by atoms with van der Waals surface area (Å²) >= 11 is 0. The van der Waals surface area contributed by atoms with Gasteiger partial charge in [-0.2, -0.15) is 13.2 Å². The highest BCUT2D eigenvalue weighted by molar-refractivity contribution is 5.65. The van der Waals surface area contributed by atoms with Crippen molar-refractivity contribution < 1.29 is 17.9 Å². The number of benzene rings is 2. The smallest absolute Gasteiger partial charge is 0.416 e. The van der Waals surface area contributed by atoms with Gasteiger partial charge in [-0.25, -0.2) is 4.99 Å². The Balaban J connectivity index is 1.78. The van der Waals surface area contributed by atoms with Crippen molar-refractivity contribution in [1.29, 1.82) is 0 Å². The molecule has 0 aromatic heterocycles. The fraction of sp³-hybridized carbons (Fsp3) is 0.381. The van der Waals surface area contributed by atoms with Crippen LogP contribution in [0.4, 0.5) is 18.9 Å². The van der Waals surface area contributed by atoms with Gasteiger partial charge < -0.3 is 9.64 Å². The molecule has 1 aliphatic rings. The van der Waals surface area contributed by atoms with Crippen LogP contribution >= 0.6 is 0 Å². The average Bonchev–Trinajstić information content (AvgIpc) is 2.64. The van der Waals surface area contributed by atoms with Crippen LogP contribution in [0.5, 0.6) is 11.5 Å². The van der Waals surface area contributed by atoms with E-state index in [-0.39, 0.29) is 5.75 Å². The molecule has 0 aliphatic carbocycles. The molecule has 27 heavy (non-hydrogen) atoms. The molecule has 0 N–H and O–H groups in total. The molecule has 1 saturated heterocycles. The zero-order valence-electron chi connectivity index (χ0n) is 15.5. The van der Waals surface area contributed by atoms with E-state index in [1.807, 2.05) is 32.3 Å². The first-order valence-electron chi connectivity index (χ1n) is 9.07. The van der Waals surface area contributed by atoms with Crippen molar-refractivity contribution in [3.63, 3.8) is 0 Å². The van der Waals surface area contributed by atoms with E-state index >= 15 is 0 Å². The molecule has 144 valence electrons. The number of likely N-dealkylation sites (tertiary alicyclic amines) is 1. The number of ether oxygens (including phenoxy) is 1. The predicted molar refractivity (Wildman–Crippen MR) is 101 cm³/mol. The molecule has 2 aromatic rings. The van der Waals surface area contributed by atoms with Gasteiger partial charge in [0.1, 0.15) is 11.5 Å². The summed E-state index contributed by atoms with van der Waals surface area (Å²) < 4.78 is 44.3. The van der Waals surface area contributed by atoms with E-state index in [0.29, 0.717) is 5.75 Å². The third-order valence-corrected chi connectivity index (χ3v) is 4.63. The maximum atomic E-state index is 12.9. The number of aryl methyl sites for hydroxylation is 2. The van der Waals surface area contributed by atoms with Crippen molar-refractivity contribution in [1.82, 2.24) is 4.90 Å². The molecule has 0 spiro atoms. The van der Waals surface area contributed by atoms with E-state index in [0.717, 1.165) is 42.0 Å². The summed E-state index contributed by atoms with van der Waals surface area (Å²) in [5.41, 5.74) is 1.85. The Labute approximate surface area is 157 Å². The van der Waals surface area contributed by atoms with E-state index in [1.165, 1.54) is 31.4 Å². The molecule has 0 radical (unpaired) electrons. The van der Waals surface area contributed by atoms with Gasteiger partial charge in [-0.05, 0) is 74.6 Å². The second-order valence-corrected chi connectivity index (χ2v) is 6.87. The highest BCUT2D eigenvalue weighted by Crippen LogP contribution is 2.35. The first-order valence-corrected chi connectivity index (χ1v) is 9.07. The maximum Gasteiger partial charge on any atom is 0.416 e. The molecular formula is C21H23F3N2O. The summed E-state index contributed by atoms with van der Waals surface area (Å²) in [5, 5.41) is 0. The highest BCUT2D eigenvalue weighted by Gasteiger charge is 2.30. The van der Waals surface area contributed by atoms with Crippen molar-refractivity contribution in [3.8, 4) is 11.5 Å². The quantitative estimate of drug-likeness (QED) is 0.465. The molecule has 0 unspecified atom stereocenters. The largest absolute Gasteiger partial charge is 0.457 e. The number of hydrogen-bond acceptors (Lipinski definition) is 2. The maximum absolute atomic E-state index is 12.9. The molecule has 1 heterocycles. The van der Waals surface area contributed by atoms with E-state index in [9.17, 15) is 13.2 Å². The molecule has 0 bridgehead atoms. The second-order valence-electron chi connectivity index (χ2n) is 6.87. The van der Waals surface area contributed by atoms with Crippen LogP contribution in [0.3, 0.4) is 0 Å². The summed E-state index contributed by atoms with van der Waals surface area (Å²) in [7, 11) is 0. The minimum Gasteiger partial charge on any atom is -0.457 e. The SMILES string of the molecule is Cc1cc(Oc2cccc(C(F)(F)F)c2)c(C)cc1/N=C/N1CCCCC1. The highest BCUT2D eigenvalue weighted by atomic mass is 19.4. The first kappa shape index (κ1) is 19.3. The number of halogens is 3. The fourth-order valence-corrected chi connectivity index (χ4v) is 3.06. The van der Waals surface area contributed by atoms with Crippen molar-refractivity contribution in [2.75, 3.05) is 13.1 Å². The van der Waals surface area contributed by atoms with Crippen molar-refractivity contribution in [2.45, 2.75) is 39.3 Å². The van der Waals surface area contributed by atoms with Crippen LogP contribution in [0.1, 0.15) is 36.0 Å². The Kier molecular flexibility index (Phi) is 5.73. The Bertz CT molecular complexity index is 825. The van der Waals surface area contributed by atoms with Gasteiger partial charge in [-0.15, -0.1) is 0 Å². The van der Waals surface area contributed by atoms with Crippen LogP contribution in [0.15, 0.2) is 41.4 Å². The lowest BCUT2D eigenvalue weighted by Crippen LogP contribution is -2.28. The van der Waals surface area contributed by atoms with E-state index in [2.05, 4.69) is 9.89 Å². The number of hydrogen-bond donors (Lipinski definition) is 0. The lowest BCUT2D eigenvalue weighted by atomic mass is 10.1. The molecule has 0 saturated carbocycles. The Morgan fingerprint density at radius 1 is 1.00 bits per heavy atom. The number of nitrogens with zero attached hydrogens (tertiary/aromatic N) is 2. The molecule has 3 rings (SSSR count). The van der Waals surface area contributed by atoms with Gasteiger partial charge in [0.05, 0.1) is 17.6 Å². The summed E-state index contributed by atoms with van der Waals surface area (Å²) in [5.74, 6) is 0.695. The molecule has 1 fully saturated rings. The Morgan fingerprint density at radius 3 is 2.44 bits per heavy atom. The first-order chi connectivity index (χ1) is 12.8. The Morgan fingerprint density at radius 2 is 1.74 bits per heavy atom. The van der Waals surface area contributed by atoms with Gasteiger partial charge in [-0.3, -0.25) is 0 Å². The van der Waals surface area contributed by atoms with Gasteiger partial charge in [-0.1, -0.05) is 6.07 Å². The Hall–Kier alpha value is -2.50. The molecule has 2 aromatic carbocycles. The number of piperidine rings is 1. The molecule has 6 heteroatoms. The molecule has 0 amide bonds. The van der Waals surface area contributed by atoms with Crippen molar-refractivity contribution in [3.05, 3.63) is 53.1 Å². The van der Waals surface area contributed by atoms with Crippen LogP contribution in [-0.4, -0.2) is 24.3 Å². The number of rotatable bonds is 4. The summed E-state index contributed by atoms with van der Waals surface area (Å²) in [6.45, 7) is 5.83. The number of aliphatic imine (C=N–C) groups is 1. The van der Waals surface area contributed by atoms with E-state index in [1.54, 1.807) is 0 Å². The third-order valence-electron chi connectivity index (χ3n) is 4.63. The van der Waals surface area contributed by atoms with Gasteiger partial charge in [0, 0.05) is 13.1 Å². The van der Waals surface area contributed by atoms with Crippen LogP contribution < -0.4 is 4.74 Å². The normalized spacial score (nSPS) is 15.4. The monoisotopic (exact) mass is 376 g/mol. The zero-order chi connectivity index (χ0) is 19.4. The lowest BCUT2D eigenvalue weighted by molar-refractivity contribution is -0.137. The van der Waals surface area contributed by atoms with Crippen LogP contribution in [0.25, 0.3) is 0 Å². The summed E-state index contributed by atoms with van der Waals surface area (Å²) in [6.07, 6.45) is 1.14. The second kappa shape index (κ2) is 8.03. The van der Waals surface area contributed by atoms with Crippen LogP contribution in [0.2, 0.25) is 0 Å². The van der Waals surface area contributed by atoms with Gasteiger partial charge in [0.2, 0.25) is 0 Å². The standard InChI is InChI=1S/C21H23F3N2O/c1-15-12-20(27-18-8-6-7-17(13-18)21(22,23)24)16(2)11-19(15)25-14-26-9-4-3-5-10-26/h6-8,11-14H,3-5,9-10H2,1-2H3/b25-14+. The fourth-order valence-electron chi connectivity index (χ4n) is 3.06. The van der Waals surface area contributed by atoms with Crippen molar-refractivity contribution in [2.24, 2.45) is 4.99 Å². The topological polar surface area (TPSA) is 24.8 Å². The van der Waals surface area contributed by atoms with Gasteiger partial charge in [0.15, 0.2) is 0 Å². The molecular weight excluding hydrogens is 353 g/mol. The van der Waals surface area contributed by atoms with E-state index < -0.39 is 11.7 Å². The molecule has 3 nitrogen and oxygen atoms in total. The molecule has 1 aliphatic heterocycles. The predicted octanol–water partition coefficient (Wildman–Crippen LogP) is 6.26. The number of alkyl halides is 3. The van der Waals surface area contributed by atoms with E-state index in [4.69, 9.17) is 4.74 Å². The minimum atomic E-state index is -4.39. The van der Waals surface area contributed by atoms with Gasteiger partial charge in [0.25, 0.3) is 0 Å². The lowest BCUT2D eigenvalue weighted by Gasteiger charge is -2.24. The zero-order valence-corrected chi connectivity index (χ0v) is 15.5.